The minimum atomic E-state index is -3.44. The van der Waals surface area contributed by atoms with Gasteiger partial charge in [0, 0.05) is 39.1 Å². The Morgan fingerprint density at radius 2 is 2.12 bits per heavy atom. The molecule has 25 heavy (non-hydrogen) atoms. The lowest BCUT2D eigenvalue weighted by atomic mass is 9.98. The molecule has 0 spiro atoms. The van der Waals surface area contributed by atoms with Crippen LogP contribution in [0.1, 0.15) is 23.4 Å². The number of nitrogens with one attached hydrogen (secondary N) is 1. The largest absolute Gasteiger partial charge is 0.451 e. The summed E-state index contributed by atoms with van der Waals surface area (Å²) in [6.45, 7) is 1.50. The summed E-state index contributed by atoms with van der Waals surface area (Å²) < 4.78 is 33.0. The maximum atomic E-state index is 12.7. The molecule has 1 aromatic carbocycles. The van der Waals surface area contributed by atoms with Gasteiger partial charge in [-0.3, -0.25) is 4.79 Å². The van der Waals surface area contributed by atoms with E-state index in [2.05, 4.69) is 4.72 Å². The van der Waals surface area contributed by atoms with Crippen molar-refractivity contribution in [1.82, 2.24) is 13.9 Å². The van der Waals surface area contributed by atoms with Gasteiger partial charge in [-0.1, -0.05) is 18.2 Å². The molecular formula is C17H23N3O4S. The first-order chi connectivity index (χ1) is 11.9. The third kappa shape index (κ3) is 4.02. The van der Waals surface area contributed by atoms with Crippen LogP contribution >= 0.6 is 0 Å². The molecule has 136 valence electrons. The Labute approximate surface area is 147 Å². The number of likely N-dealkylation sites (tertiary alicyclic amines) is 1. The molecule has 1 atom stereocenters. The fraction of sp³-hybridized carbons (Fsp3) is 0.471. The number of piperidine rings is 1. The molecule has 3 rings (SSSR count). The summed E-state index contributed by atoms with van der Waals surface area (Å²) in [6, 6.07) is 9.27. The van der Waals surface area contributed by atoms with Gasteiger partial charge in [-0.2, -0.15) is 12.7 Å². The lowest BCUT2D eigenvalue weighted by Gasteiger charge is -2.32. The van der Waals surface area contributed by atoms with E-state index in [-0.39, 0.29) is 11.8 Å². The van der Waals surface area contributed by atoms with Crippen LogP contribution in [0.5, 0.6) is 0 Å². The van der Waals surface area contributed by atoms with Crippen LogP contribution in [0, 0.1) is 5.92 Å². The van der Waals surface area contributed by atoms with Crippen LogP contribution in [0.3, 0.4) is 0 Å². The molecular weight excluding hydrogens is 342 g/mol. The average Bonchev–Trinajstić information content (AvgIpc) is 3.03. The molecule has 2 heterocycles. The lowest BCUT2D eigenvalue weighted by molar-refractivity contribution is 0.0646. The summed E-state index contributed by atoms with van der Waals surface area (Å²) in [5.74, 6) is 0.281. The van der Waals surface area contributed by atoms with Crippen molar-refractivity contribution < 1.29 is 17.6 Å². The smallest absolute Gasteiger partial charge is 0.289 e. The molecule has 0 aliphatic carbocycles. The Bertz CT molecular complexity index is 827. The van der Waals surface area contributed by atoms with Crippen LogP contribution in [0.4, 0.5) is 0 Å². The molecule has 0 saturated carbocycles. The van der Waals surface area contributed by atoms with Crippen LogP contribution in [0.15, 0.2) is 34.7 Å². The van der Waals surface area contributed by atoms with Crippen molar-refractivity contribution in [3.63, 3.8) is 0 Å². The van der Waals surface area contributed by atoms with Crippen molar-refractivity contribution in [1.29, 1.82) is 0 Å². The number of hydrogen-bond acceptors (Lipinski definition) is 4. The second kappa shape index (κ2) is 7.15. The van der Waals surface area contributed by atoms with Gasteiger partial charge in [-0.15, -0.1) is 0 Å². The van der Waals surface area contributed by atoms with E-state index in [0.717, 1.165) is 22.5 Å². The van der Waals surface area contributed by atoms with Gasteiger partial charge in [0.25, 0.3) is 16.1 Å². The summed E-state index contributed by atoms with van der Waals surface area (Å²) in [5.41, 5.74) is 0.693. The van der Waals surface area contributed by atoms with Gasteiger partial charge in [0.2, 0.25) is 0 Å². The quantitative estimate of drug-likeness (QED) is 0.874. The maximum Gasteiger partial charge on any atom is 0.289 e. The Morgan fingerprint density at radius 3 is 2.84 bits per heavy atom. The highest BCUT2D eigenvalue weighted by atomic mass is 32.2. The number of rotatable bonds is 5. The van der Waals surface area contributed by atoms with Crippen molar-refractivity contribution in [3.8, 4) is 0 Å². The SMILES string of the molecule is CN(C)S(=O)(=O)NC[C@@H]1CCCN(C(=O)c2cc3ccccc3o2)C1. The van der Waals surface area contributed by atoms with Crippen LogP contribution < -0.4 is 4.72 Å². The van der Waals surface area contributed by atoms with Gasteiger partial charge in [0.15, 0.2) is 5.76 Å². The second-order valence-corrected chi connectivity index (χ2v) is 8.51. The highest BCUT2D eigenvalue weighted by Crippen LogP contribution is 2.23. The molecule has 0 bridgehead atoms. The number of para-hydroxylation sites is 1. The van der Waals surface area contributed by atoms with Crippen LogP contribution in [0.2, 0.25) is 0 Å². The standard InChI is InChI=1S/C17H23N3O4S/c1-19(2)25(22,23)18-11-13-6-5-9-20(12-13)17(21)16-10-14-7-3-4-8-15(14)24-16/h3-4,7-8,10,13,18H,5-6,9,11-12H2,1-2H3/t13-/m0/s1. The van der Waals surface area contributed by atoms with Crippen molar-refractivity contribution in [3.05, 3.63) is 36.1 Å². The lowest BCUT2D eigenvalue weighted by Crippen LogP contribution is -2.45. The van der Waals surface area contributed by atoms with E-state index in [0.29, 0.717) is 31.0 Å². The van der Waals surface area contributed by atoms with E-state index in [9.17, 15) is 13.2 Å². The second-order valence-electron chi connectivity index (χ2n) is 6.54. The summed E-state index contributed by atoms with van der Waals surface area (Å²) >= 11 is 0. The summed E-state index contributed by atoms with van der Waals surface area (Å²) in [7, 11) is -0.470. The Kier molecular flexibility index (Phi) is 5.12. The van der Waals surface area contributed by atoms with Gasteiger partial charge < -0.3 is 9.32 Å². The molecule has 1 saturated heterocycles. The molecule has 1 fully saturated rings. The van der Waals surface area contributed by atoms with Gasteiger partial charge in [0.1, 0.15) is 5.58 Å². The number of carbonyl (C=O) groups excluding carboxylic acids is 1. The first-order valence-electron chi connectivity index (χ1n) is 8.32. The zero-order valence-electron chi connectivity index (χ0n) is 14.4. The number of furan rings is 1. The zero-order valence-corrected chi connectivity index (χ0v) is 15.3. The monoisotopic (exact) mass is 365 g/mol. The minimum Gasteiger partial charge on any atom is -0.451 e. The number of benzene rings is 1. The molecule has 0 radical (unpaired) electrons. The van der Waals surface area contributed by atoms with E-state index in [1.807, 2.05) is 24.3 Å². The minimum absolute atomic E-state index is 0.0943. The number of carbonyl (C=O) groups is 1. The predicted octanol–water partition coefficient (Wildman–Crippen LogP) is 1.68. The Hall–Kier alpha value is -1.90. The predicted molar refractivity (Wildman–Crippen MR) is 95.5 cm³/mol. The van der Waals surface area contributed by atoms with Gasteiger partial charge in [-0.25, -0.2) is 4.72 Å². The summed E-state index contributed by atoms with van der Waals surface area (Å²) in [6.07, 6.45) is 1.74. The van der Waals surface area contributed by atoms with Gasteiger partial charge >= 0.3 is 0 Å². The molecule has 1 aliphatic heterocycles. The van der Waals surface area contributed by atoms with Crippen molar-refractivity contribution in [2.45, 2.75) is 12.8 Å². The van der Waals surface area contributed by atoms with Crippen molar-refractivity contribution in [2.24, 2.45) is 5.92 Å². The highest BCUT2D eigenvalue weighted by molar-refractivity contribution is 7.87. The molecule has 7 nitrogen and oxygen atoms in total. The van der Waals surface area contributed by atoms with Crippen molar-refractivity contribution >= 4 is 27.1 Å². The number of hydrogen-bond donors (Lipinski definition) is 1. The van der Waals surface area contributed by atoms with Crippen LogP contribution in [-0.2, 0) is 10.2 Å². The Balaban J connectivity index is 1.65. The van der Waals surface area contributed by atoms with E-state index in [4.69, 9.17) is 4.42 Å². The van der Waals surface area contributed by atoms with Gasteiger partial charge in [-0.05, 0) is 30.9 Å². The molecule has 1 aliphatic rings. The highest BCUT2D eigenvalue weighted by Gasteiger charge is 2.27. The van der Waals surface area contributed by atoms with E-state index in [1.165, 1.54) is 14.1 Å². The van der Waals surface area contributed by atoms with E-state index >= 15 is 0 Å². The van der Waals surface area contributed by atoms with Crippen LogP contribution in [-0.4, -0.2) is 57.3 Å². The fourth-order valence-electron chi connectivity index (χ4n) is 3.01. The molecule has 1 N–H and O–H groups in total. The van der Waals surface area contributed by atoms with Crippen LogP contribution in [0.25, 0.3) is 11.0 Å². The summed E-state index contributed by atoms with van der Waals surface area (Å²) in [5, 5.41) is 0.901. The molecule has 1 amide bonds. The fourth-order valence-corrected chi connectivity index (χ4v) is 3.72. The average molecular weight is 365 g/mol. The Morgan fingerprint density at radius 1 is 1.36 bits per heavy atom. The normalized spacial score (nSPS) is 18.8. The molecule has 8 heteroatoms. The topological polar surface area (TPSA) is 82.9 Å². The third-order valence-corrected chi connectivity index (χ3v) is 5.97. The number of amides is 1. The number of nitrogens with zero attached hydrogens (tertiary/aromatic N) is 2. The third-order valence-electron chi connectivity index (χ3n) is 4.48. The number of fused-ring (bicyclic) bond motifs is 1. The van der Waals surface area contributed by atoms with E-state index in [1.54, 1.807) is 11.0 Å². The molecule has 0 unspecified atom stereocenters. The molecule has 2 aromatic rings. The zero-order chi connectivity index (χ0) is 18.0. The maximum absolute atomic E-state index is 12.7. The van der Waals surface area contributed by atoms with E-state index < -0.39 is 10.2 Å². The summed E-state index contributed by atoms with van der Waals surface area (Å²) in [4.78, 5) is 14.5. The van der Waals surface area contributed by atoms with Gasteiger partial charge in [0.05, 0.1) is 0 Å². The first kappa shape index (κ1) is 17.9. The molecule has 1 aromatic heterocycles. The van der Waals surface area contributed by atoms with Crippen molar-refractivity contribution in [2.75, 3.05) is 33.7 Å². The first-order valence-corrected chi connectivity index (χ1v) is 9.76.